The number of rotatable bonds is 5. The maximum atomic E-state index is 11.2. The highest BCUT2D eigenvalue weighted by molar-refractivity contribution is 7.84. The molecule has 2 aromatic heterocycles. The number of imidazole rings is 1. The molecule has 24 heavy (non-hydrogen) atoms. The zero-order valence-corrected chi connectivity index (χ0v) is 14.1. The van der Waals surface area contributed by atoms with Crippen molar-refractivity contribution in [2.75, 3.05) is 25.2 Å². The molecule has 7 heteroatoms. The van der Waals surface area contributed by atoms with Crippen LogP contribution in [0, 0.1) is 0 Å². The molecule has 0 saturated carbocycles. The van der Waals surface area contributed by atoms with Crippen LogP contribution in [-0.2, 0) is 17.2 Å². The number of H-pyrrole nitrogens is 1. The Labute approximate surface area is 141 Å². The Hall–Kier alpha value is -2.41. The molecule has 1 aliphatic rings. The van der Waals surface area contributed by atoms with Gasteiger partial charge in [0.1, 0.15) is 17.3 Å². The van der Waals surface area contributed by atoms with Gasteiger partial charge in [-0.2, -0.15) is 0 Å². The minimum atomic E-state index is -0.871. The van der Waals surface area contributed by atoms with Crippen molar-refractivity contribution in [1.29, 1.82) is 0 Å². The van der Waals surface area contributed by atoms with Crippen LogP contribution in [0.5, 0.6) is 11.5 Å². The highest BCUT2D eigenvalue weighted by atomic mass is 32.2. The van der Waals surface area contributed by atoms with E-state index in [4.69, 9.17) is 9.47 Å². The standard InChI is InChI=1S/C17H17N3O3S/c1-24(21)7-6-23-16-9-11(8-15-12(16)3-5-22-15)17-19-13-2-4-18-10-14(13)20-17/h2,4,8-10H,3,5-7H2,1H3,(H,19,20). The Kier molecular flexibility index (Phi) is 3.93. The Morgan fingerprint density at radius 1 is 1.42 bits per heavy atom. The number of aromatic nitrogens is 3. The summed E-state index contributed by atoms with van der Waals surface area (Å²) < 4.78 is 22.8. The van der Waals surface area contributed by atoms with Crippen molar-refractivity contribution in [3.63, 3.8) is 0 Å². The van der Waals surface area contributed by atoms with E-state index in [1.54, 1.807) is 18.6 Å². The van der Waals surface area contributed by atoms with Gasteiger partial charge in [0.05, 0.1) is 36.2 Å². The maximum Gasteiger partial charge on any atom is 0.138 e. The fourth-order valence-corrected chi connectivity index (χ4v) is 3.10. The summed E-state index contributed by atoms with van der Waals surface area (Å²) in [5, 5.41) is 0. The topological polar surface area (TPSA) is 77.1 Å². The zero-order chi connectivity index (χ0) is 16.5. The molecular weight excluding hydrogens is 326 g/mol. The van der Waals surface area contributed by atoms with Crippen LogP contribution >= 0.6 is 0 Å². The van der Waals surface area contributed by atoms with Crippen molar-refractivity contribution in [3.8, 4) is 22.9 Å². The molecule has 0 bridgehead atoms. The predicted molar refractivity (Wildman–Crippen MR) is 93.0 cm³/mol. The second-order valence-electron chi connectivity index (χ2n) is 5.65. The molecule has 0 amide bonds. The fraction of sp³-hybridized carbons (Fsp3) is 0.294. The first-order valence-electron chi connectivity index (χ1n) is 7.73. The largest absolute Gasteiger partial charge is 0.493 e. The van der Waals surface area contributed by atoms with Crippen molar-refractivity contribution in [2.24, 2.45) is 0 Å². The van der Waals surface area contributed by atoms with Gasteiger partial charge in [-0.25, -0.2) is 4.98 Å². The first-order valence-corrected chi connectivity index (χ1v) is 9.46. The third kappa shape index (κ3) is 2.87. The Balaban J connectivity index is 1.71. The van der Waals surface area contributed by atoms with Gasteiger partial charge in [-0.05, 0) is 18.2 Å². The van der Waals surface area contributed by atoms with Crippen LogP contribution in [0.15, 0.2) is 30.6 Å². The summed E-state index contributed by atoms with van der Waals surface area (Å²) in [5.41, 5.74) is 3.72. The van der Waals surface area contributed by atoms with Gasteiger partial charge in [0.15, 0.2) is 0 Å². The molecule has 6 nitrogen and oxygen atoms in total. The van der Waals surface area contributed by atoms with Gasteiger partial charge in [0, 0.05) is 40.8 Å². The van der Waals surface area contributed by atoms with E-state index < -0.39 is 10.8 Å². The first-order chi connectivity index (χ1) is 11.7. The number of nitrogens with one attached hydrogen (secondary N) is 1. The van der Waals surface area contributed by atoms with Crippen molar-refractivity contribution >= 4 is 21.8 Å². The smallest absolute Gasteiger partial charge is 0.138 e. The van der Waals surface area contributed by atoms with Crippen LogP contribution in [0.4, 0.5) is 0 Å². The number of hydrogen-bond acceptors (Lipinski definition) is 5. The van der Waals surface area contributed by atoms with Crippen LogP contribution in [0.3, 0.4) is 0 Å². The molecule has 3 heterocycles. The lowest BCUT2D eigenvalue weighted by atomic mass is 10.1. The molecule has 1 unspecified atom stereocenters. The number of benzene rings is 1. The van der Waals surface area contributed by atoms with E-state index in [9.17, 15) is 4.21 Å². The number of ether oxygens (including phenoxy) is 2. The second-order valence-corrected chi connectivity index (χ2v) is 7.21. The van der Waals surface area contributed by atoms with E-state index in [0.29, 0.717) is 19.0 Å². The molecule has 1 aliphatic heterocycles. The summed E-state index contributed by atoms with van der Waals surface area (Å²) >= 11 is 0. The highest BCUT2D eigenvalue weighted by Gasteiger charge is 2.20. The molecular formula is C17H17N3O3S. The van der Waals surface area contributed by atoms with E-state index in [2.05, 4.69) is 15.0 Å². The predicted octanol–water partition coefficient (Wildman–Crippen LogP) is 2.32. The van der Waals surface area contributed by atoms with Gasteiger partial charge >= 0.3 is 0 Å². The van der Waals surface area contributed by atoms with E-state index in [1.807, 2.05) is 18.2 Å². The summed E-state index contributed by atoms with van der Waals surface area (Å²) in [7, 11) is -0.871. The Morgan fingerprint density at radius 3 is 3.17 bits per heavy atom. The van der Waals surface area contributed by atoms with Crippen LogP contribution in [0.2, 0.25) is 0 Å². The van der Waals surface area contributed by atoms with E-state index in [-0.39, 0.29) is 0 Å². The van der Waals surface area contributed by atoms with Crippen molar-refractivity contribution in [1.82, 2.24) is 15.0 Å². The minimum Gasteiger partial charge on any atom is -0.493 e. The molecule has 0 saturated heterocycles. The number of fused-ring (bicyclic) bond motifs is 2. The van der Waals surface area contributed by atoms with Crippen LogP contribution in [0.25, 0.3) is 22.4 Å². The molecule has 0 radical (unpaired) electrons. The van der Waals surface area contributed by atoms with Crippen LogP contribution in [0.1, 0.15) is 5.56 Å². The summed E-state index contributed by atoms with van der Waals surface area (Å²) in [6.45, 7) is 1.07. The summed E-state index contributed by atoms with van der Waals surface area (Å²) in [4.78, 5) is 12.0. The van der Waals surface area contributed by atoms with Gasteiger partial charge in [-0.15, -0.1) is 0 Å². The number of nitrogens with zero attached hydrogens (tertiary/aromatic N) is 2. The van der Waals surface area contributed by atoms with Gasteiger partial charge in [-0.3, -0.25) is 9.19 Å². The molecule has 1 N–H and O–H groups in total. The average Bonchev–Trinajstić information content (AvgIpc) is 3.20. The van der Waals surface area contributed by atoms with E-state index in [0.717, 1.165) is 45.9 Å². The quantitative estimate of drug-likeness (QED) is 0.769. The molecule has 1 atom stereocenters. The van der Waals surface area contributed by atoms with Crippen molar-refractivity contribution in [2.45, 2.75) is 6.42 Å². The van der Waals surface area contributed by atoms with Gasteiger partial charge in [0.2, 0.25) is 0 Å². The van der Waals surface area contributed by atoms with Crippen molar-refractivity contribution in [3.05, 3.63) is 36.2 Å². The molecule has 0 spiro atoms. The van der Waals surface area contributed by atoms with E-state index in [1.165, 1.54) is 0 Å². The lowest BCUT2D eigenvalue weighted by molar-refractivity contribution is 0.340. The Bertz CT molecular complexity index is 890. The summed E-state index contributed by atoms with van der Waals surface area (Å²) in [6, 6.07) is 5.82. The third-order valence-corrected chi connectivity index (χ3v) is 4.70. The van der Waals surface area contributed by atoms with E-state index >= 15 is 0 Å². The number of pyridine rings is 1. The van der Waals surface area contributed by atoms with Crippen molar-refractivity contribution < 1.29 is 13.7 Å². The minimum absolute atomic E-state index is 0.420. The summed E-state index contributed by atoms with van der Waals surface area (Å²) in [5.74, 6) is 2.87. The SMILES string of the molecule is CS(=O)CCOc1cc(-c2nc3ccncc3[nH]2)cc2c1CCO2. The monoisotopic (exact) mass is 343 g/mol. The normalized spacial score (nSPS) is 14.4. The lowest BCUT2D eigenvalue weighted by Gasteiger charge is -2.11. The molecule has 1 aromatic carbocycles. The van der Waals surface area contributed by atoms with Gasteiger partial charge < -0.3 is 14.5 Å². The summed E-state index contributed by atoms with van der Waals surface area (Å²) in [6.07, 6.45) is 5.97. The fourth-order valence-electron chi connectivity index (χ4n) is 2.79. The maximum absolute atomic E-state index is 11.2. The molecule has 0 aliphatic carbocycles. The van der Waals surface area contributed by atoms with Gasteiger partial charge in [-0.1, -0.05) is 0 Å². The molecule has 124 valence electrons. The van der Waals surface area contributed by atoms with Crippen LogP contribution < -0.4 is 9.47 Å². The third-order valence-electron chi connectivity index (χ3n) is 3.96. The first kappa shape index (κ1) is 15.1. The zero-order valence-electron chi connectivity index (χ0n) is 13.2. The van der Waals surface area contributed by atoms with Gasteiger partial charge in [0.25, 0.3) is 0 Å². The molecule has 0 fully saturated rings. The average molecular weight is 343 g/mol. The second kappa shape index (κ2) is 6.24. The highest BCUT2D eigenvalue weighted by Crippen LogP contribution is 2.38. The molecule has 4 rings (SSSR count). The number of hydrogen-bond donors (Lipinski definition) is 1. The van der Waals surface area contributed by atoms with Crippen LogP contribution in [-0.4, -0.2) is 44.4 Å². The Morgan fingerprint density at radius 2 is 2.33 bits per heavy atom. The number of aromatic amines is 1. The molecule has 3 aromatic rings. The lowest BCUT2D eigenvalue weighted by Crippen LogP contribution is -2.08.